The van der Waals surface area contributed by atoms with Gasteiger partial charge in [0.15, 0.2) is 0 Å². The Morgan fingerprint density at radius 2 is 2.05 bits per heavy atom. The highest BCUT2D eigenvalue weighted by atomic mass is 19.1. The van der Waals surface area contributed by atoms with Crippen LogP contribution in [-0.2, 0) is 11.3 Å². The largest absolute Gasteiger partial charge is 0.368 e. The van der Waals surface area contributed by atoms with Crippen LogP contribution in [0.15, 0.2) is 18.2 Å². The predicted molar refractivity (Wildman–Crippen MR) is 80.1 cm³/mol. The summed E-state index contributed by atoms with van der Waals surface area (Å²) in [5.41, 5.74) is 6.85. The van der Waals surface area contributed by atoms with Crippen molar-refractivity contribution in [2.45, 2.75) is 39.8 Å². The molecule has 3 N–H and O–H groups in total. The highest BCUT2D eigenvalue weighted by Gasteiger charge is 2.15. The molecule has 0 fully saturated rings. The van der Waals surface area contributed by atoms with Gasteiger partial charge in [-0.25, -0.2) is 4.39 Å². The van der Waals surface area contributed by atoms with Crippen LogP contribution in [0.4, 0.5) is 10.1 Å². The number of anilines is 1. The minimum Gasteiger partial charge on any atom is -0.368 e. The van der Waals surface area contributed by atoms with E-state index in [-0.39, 0.29) is 17.9 Å². The summed E-state index contributed by atoms with van der Waals surface area (Å²) in [5.74, 6) is -0.680. The lowest BCUT2D eigenvalue weighted by Crippen LogP contribution is -2.37. The summed E-state index contributed by atoms with van der Waals surface area (Å²) in [6, 6.07) is 4.60. The third kappa shape index (κ3) is 5.17. The minimum absolute atomic E-state index is 0.0652. The Hall–Kier alpha value is -1.62. The summed E-state index contributed by atoms with van der Waals surface area (Å²) < 4.78 is 13.5. The summed E-state index contributed by atoms with van der Waals surface area (Å²) in [4.78, 5) is 13.0. The number of nitrogens with one attached hydrogen (secondary N) is 1. The third-order valence-electron chi connectivity index (χ3n) is 2.92. The molecule has 112 valence electrons. The summed E-state index contributed by atoms with van der Waals surface area (Å²) in [6.45, 7) is 9.38. The molecule has 0 atom stereocenters. The maximum absolute atomic E-state index is 13.5. The molecule has 1 rings (SSSR count). The number of primary amides is 1. The number of hydrogen-bond donors (Lipinski definition) is 2. The van der Waals surface area contributed by atoms with E-state index in [0.717, 1.165) is 11.3 Å². The fourth-order valence-electron chi connectivity index (χ4n) is 1.92. The summed E-state index contributed by atoms with van der Waals surface area (Å²) in [5, 5.41) is 3.33. The standard InChI is InChI=1S/C15H24FN3O/c1-5-19(10-14(17)20)13-7-6-12(16)8-11(13)9-18-15(2,3)4/h6-8,18H,5,9-10H2,1-4H3,(H2,17,20). The van der Waals surface area contributed by atoms with Gasteiger partial charge in [-0.3, -0.25) is 4.79 Å². The average molecular weight is 281 g/mol. The third-order valence-corrected chi connectivity index (χ3v) is 2.92. The fourth-order valence-corrected chi connectivity index (χ4v) is 1.92. The Labute approximate surface area is 120 Å². The van der Waals surface area contributed by atoms with Gasteiger partial charge in [-0.15, -0.1) is 0 Å². The SMILES string of the molecule is CCN(CC(N)=O)c1ccc(F)cc1CNC(C)(C)C. The normalized spacial score (nSPS) is 11.4. The number of amides is 1. The highest BCUT2D eigenvalue weighted by molar-refractivity contribution is 5.79. The van der Waals surface area contributed by atoms with Crippen LogP contribution >= 0.6 is 0 Å². The van der Waals surface area contributed by atoms with Crippen molar-refractivity contribution < 1.29 is 9.18 Å². The number of halogens is 1. The zero-order valence-corrected chi connectivity index (χ0v) is 12.7. The van der Waals surface area contributed by atoms with Crippen molar-refractivity contribution in [3.8, 4) is 0 Å². The number of nitrogens with zero attached hydrogens (tertiary/aromatic N) is 1. The molecule has 0 unspecified atom stereocenters. The lowest BCUT2D eigenvalue weighted by molar-refractivity contribution is -0.116. The van der Waals surface area contributed by atoms with Gasteiger partial charge in [0.25, 0.3) is 0 Å². The molecule has 0 spiro atoms. The van der Waals surface area contributed by atoms with E-state index >= 15 is 0 Å². The number of rotatable bonds is 6. The Kier molecular flexibility index (Phi) is 5.51. The number of nitrogens with two attached hydrogens (primary N) is 1. The van der Waals surface area contributed by atoms with Gasteiger partial charge in [0.1, 0.15) is 5.82 Å². The van der Waals surface area contributed by atoms with Crippen molar-refractivity contribution in [2.24, 2.45) is 5.73 Å². The molecule has 0 aliphatic heterocycles. The average Bonchev–Trinajstić information content (AvgIpc) is 2.33. The Bertz CT molecular complexity index is 469. The van der Waals surface area contributed by atoms with Crippen LogP contribution in [0.3, 0.4) is 0 Å². The maximum Gasteiger partial charge on any atom is 0.236 e. The lowest BCUT2D eigenvalue weighted by atomic mass is 10.1. The van der Waals surface area contributed by atoms with Gasteiger partial charge in [-0.05, 0) is 51.5 Å². The molecule has 1 aromatic carbocycles. The van der Waals surface area contributed by atoms with E-state index < -0.39 is 5.91 Å². The van der Waals surface area contributed by atoms with E-state index in [1.165, 1.54) is 12.1 Å². The van der Waals surface area contributed by atoms with Gasteiger partial charge in [-0.1, -0.05) is 0 Å². The molecule has 0 aromatic heterocycles. The van der Waals surface area contributed by atoms with Crippen LogP contribution < -0.4 is 16.0 Å². The summed E-state index contributed by atoms with van der Waals surface area (Å²) >= 11 is 0. The Morgan fingerprint density at radius 3 is 2.55 bits per heavy atom. The van der Waals surface area contributed by atoms with E-state index in [1.807, 2.05) is 32.6 Å². The smallest absolute Gasteiger partial charge is 0.236 e. The zero-order chi connectivity index (χ0) is 15.3. The molecule has 0 saturated carbocycles. The molecule has 0 saturated heterocycles. The molecule has 0 radical (unpaired) electrons. The van der Waals surface area contributed by atoms with Crippen LogP contribution in [0.2, 0.25) is 0 Å². The topological polar surface area (TPSA) is 58.4 Å². The van der Waals surface area contributed by atoms with Crippen molar-refractivity contribution in [1.29, 1.82) is 0 Å². The van der Waals surface area contributed by atoms with Crippen molar-refractivity contribution >= 4 is 11.6 Å². The number of likely N-dealkylation sites (N-methyl/N-ethyl adjacent to an activating group) is 1. The molecule has 0 heterocycles. The second kappa shape index (κ2) is 6.70. The van der Waals surface area contributed by atoms with E-state index in [9.17, 15) is 9.18 Å². The molecule has 1 aromatic rings. The molecule has 20 heavy (non-hydrogen) atoms. The van der Waals surface area contributed by atoms with Gasteiger partial charge in [0, 0.05) is 24.3 Å². The van der Waals surface area contributed by atoms with Crippen molar-refractivity contribution in [2.75, 3.05) is 18.0 Å². The summed E-state index contributed by atoms with van der Waals surface area (Å²) in [6.07, 6.45) is 0. The molecule has 0 bridgehead atoms. The predicted octanol–water partition coefficient (Wildman–Crippen LogP) is 2.03. The first-order chi connectivity index (χ1) is 9.23. The van der Waals surface area contributed by atoms with Crippen molar-refractivity contribution in [3.05, 3.63) is 29.6 Å². The van der Waals surface area contributed by atoms with E-state index in [4.69, 9.17) is 5.73 Å². The van der Waals surface area contributed by atoms with Gasteiger partial charge >= 0.3 is 0 Å². The van der Waals surface area contributed by atoms with Crippen molar-refractivity contribution in [1.82, 2.24) is 5.32 Å². The first-order valence-corrected chi connectivity index (χ1v) is 6.79. The number of hydrogen-bond acceptors (Lipinski definition) is 3. The highest BCUT2D eigenvalue weighted by Crippen LogP contribution is 2.22. The van der Waals surface area contributed by atoms with Crippen LogP contribution in [-0.4, -0.2) is 24.5 Å². The second-order valence-corrected chi connectivity index (χ2v) is 5.86. The lowest BCUT2D eigenvalue weighted by Gasteiger charge is -2.27. The number of carbonyl (C=O) groups excluding carboxylic acids is 1. The number of benzene rings is 1. The van der Waals surface area contributed by atoms with Gasteiger partial charge < -0.3 is 16.0 Å². The van der Waals surface area contributed by atoms with Gasteiger partial charge in [-0.2, -0.15) is 0 Å². The van der Waals surface area contributed by atoms with Crippen LogP contribution in [0.1, 0.15) is 33.3 Å². The van der Waals surface area contributed by atoms with E-state index in [2.05, 4.69) is 5.32 Å². The number of carbonyl (C=O) groups is 1. The molecule has 0 aliphatic carbocycles. The summed E-state index contributed by atoms with van der Waals surface area (Å²) in [7, 11) is 0. The minimum atomic E-state index is -0.397. The fraction of sp³-hybridized carbons (Fsp3) is 0.533. The molecule has 5 heteroatoms. The van der Waals surface area contributed by atoms with Crippen molar-refractivity contribution in [3.63, 3.8) is 0 Å². The quantitative estimate of drug-likeness (QED) is 0.839. The molecular formula is C15H24FN3O. The Balaban J connectivity index is 3.02. The Morgan fingerprint density at radius 1 is 1.40 bits per heavy atom. The molecular weight excluding hydrogens is 257 g/mol. The van der Waals surface area contributed by atoms with Crippen LogP contribution in [0.5, 0.6) is 0 Å². The molecule has 0 aliphatic rings. The zero-order valence-electron chi connectivity index (χ0n) is 12.7. The van der Waals surface area contributed by atoms with Gasteiger partial charge in [0.2, 0.25) is 5.91 Å². The first kappa shape index (κ1) is 16.4. The maximum atomic E-state index is 13.5. The molecule has 4 nitrogen and oxygen atoms in total. The van der Waals surface area contributed by atoms with Crippen LogP contribution in [0, 0.1) is 5.82 Å². The van der Waals surface area contributed by atoms with E-state index in [0.29, 0.717) is 13.1 Å². The monoisotopic (exact) mass is 281 g/mol. The second-order valence-electron chi connectivity index (χ2n) is 5.86. The molecule has 1 amide bonds. The van der Waals surface area contributed by atoms with E-state index in [1.54, 1.807) is 6.07 Å². The first-order valence-electron chi connectivity index (χ1n) is 6.79. The van der Waals surface area contributed by atoms with Gasteiger partial charge in [0.05, 0.1) is 6.54 Å². The van der Waals surface area contributed by atoms with Crippen LogP contribution in [0.25, 0.3) is 0 Å².